The Labute approximate surface area is 118 Å². The average Bonchev–Trinajstić information content (AvgIpc) is 2.36. The Kier molecular flexibility index (Phi) is 5.16. The number of benzene rings is 1. The van der Waals surface area contributed by atoms with E-state index in [1.54, 1.807) is 36.0 Å². The molecular weight excluding hydrogens is 264 g/mol. The highest BCUT2D eigenvalue weighted by atomic mass is 32.2. The monoisotopic (exact) mass is 282 g/mol. The predicted molar refractivity (Wildman–Crippen MR) is 82.3 cm³/mol. The van der Waals surface area contributed by atoms with Crippen molar-refractivity contribution in [3.8, 4) is 0 Å². The first-order valence-electron chi connectivity index (χ1n) is 5.59. The summed E-state index contributed by atoms with van der Waals surface area (Å²) in [5.41, 5.74) is 6.89. The molecule has 0 saturated heterocycles. The third-order valence-corrected chi connectivity index (χ3v) is 4.14. The second-order valence-electron chi connectivity index (χ2n) is 4.59. The lowest BCUT2D eigenvalue weighted by Gasteiger charge is -2.22. The van der Waals surface area contributed by atoms with Crippen molar-refractivity contribution in [1.29, 1.82) is 0 Å². The minimum atomic E-state index is -0.0772. The van der Waals surface area contributed by atoms with Gasteiger partial charge in [0.25, 0.3) is 5.91 Å². The zero-order valence-electron chi connectivity index (χ0n) is 10.8. The molecule has 0 atom stereocenters. The van der Waals surface area contributed by atoms with Crippen LogP contribution in [0.25, 0.3) is 0 Å². The topological polar surface area (TPSA) is 55.1 Å². The number of amides is 1. The lowest BCUT2D eigenvalue weighted by Crippen LogP contribution is -2.36. The molecule has 1 rings (SSSR count). The molecule has 3 N–H and O–H groups in total. The van der Waals surface area contributed by atoms with Crippen LogP contribution < -0.4 is 11.1 Å². The number of carbonyl (C=O) groups excluding carboxylic acids is 1. The van der Waals surface area contributed by atoms with E-state index in [1.165, 1.54) is 0 Å². The Morgan fingerprint density at radius 3 is 2.28 bits per heavy atom. The molecule has 1 aromatic carbocycles. The molecule has 0 radical (unpaired) electrons. The van der Waals surface area contributed by atoms with Gasteiger partial charge in [-0.05, 0) is 32.2 Å². The minimum Gasteiger partial charge on any atom is -0.389 e. The van der Waals surface area contributed by atoms with E-state index in [2.05, 4.69) is 19.2 Å². The number of hydrogen-bond acceptors (Lipinski definition) is 3. The van der Waals surface area contributed by atoms with Crippen molar-refractivity contribution < 1.29 is 4.79 Å². The van der Waals surface area contributed by atoms with Gasteiger partial charge in [-0.1, -0.05) is 24.4 Å². The van der Waals surface area contributed by atoms with E-state index in [9.17, 15) is 4.79 Å². The molecule has 0 heterocycles. The Morgan fingerprint density at radius 1 is 1.33 bits per heavy atom. The number of rotatable bonds is 5. The second-order valence-corrected chi connectivity index (χ2v) is 6.54. The van der Waals surface area contributed by atoms with Gasteiger partial charge in [-0.25, -0.2) is 0 Å². The highest BCUT2D eigenvalue weighted by molar-refractivity contribution is 7.99. The van der Waals surface area contributed by atoms with E-state index in [0.29, 0.717) is 17.1 Å². The Balaban J connectivity index is 2.65. The van der Waals surface area contributed by atoms with Gasteiger partial charge in [-0.3, -0.25) is 4.79 Å². The zero-order valence-corrected chi connectivity index (χ0v) is 12.5. The maximum absolute atomic E-state index is 11.9. The predicted octanol–water partition coefficient (Wildman–Crippen LogP) is 2.19. The number of nitrogens with two attached hydrogens (primary N) is 1. The van der Waals surface area contributed by atoms with Crippen LogP contribution in [0.15, 0.2) is 24.3 Å². The van der Waals surface area contributed by atoms with Crippen molar-refractivity contribution in [3.05, 3.63) is 35.4 Å². The van der Waals surface area contributed by atoms with Gasteiger partial charge in [0.1, 0.15) is 4.99 Å². The highest BCUT2D eigenvalue weighted by Gasteiger charge is 2.17. The molecule has 18 heavy (non-hydrogen) atoms. The molecule has 0 aliphatic rings. The number of hydrogen-bond donors (Lipinski definition) is 2. The molecule has 0 spiro atoms. The lowest BCUT2D eigenvalue weighted by atomic mass is 10.1. The summed E-state index contributed by atoms with van der Waals surface area (Å²) >= 11 is 6.58. The van der Waals surface area contributed by atoms with Gasteiger partial charge in [0.05, 0.1) is 0 Å². The van der Waals surface area contributed by atoms with Gasteiger partial charge in [0, 0.05) is 22.4 Å². The molecule has 0 saturated carbocycles. The molecular formula is C13H18N2OS2. The maximum atomic E-state index is 11.9. The largest absolute Gasteiger partial charge is 0.389 e. The van der Waals surface area contributed by atoms with Gasteiger partial charge in [0.2, 0.25) is 0 Å². The summed E-state index contributed by atoms with van der Waals surface area (Å²) in [7, 11) is 0. The van der Waals surface area contributed by atoms with Crippen LogP contribution in [-0.2, 0) is 0 Å². The number of nitrogens with one attached hydrogen (secondary N) is 1. The molecule has 0 aliphatic heterocycles. The summed E-state index contributed by atoms with van der Waals surface area (Å²) in [6, 6.07) is 6.99. The van der Waals surface area contributed by atoms with E-state index in [0.717, 1.165) is 5.56 Å². The lowest BCUT2D eigenvalue weighted by molar-refractivity contribution is 0.0951. The summed E-state index contributed by atoms with van der Waals surface area (Å²) in [4.78, 5) is 12.2. The van der Waals surface area contributed by atoms with Gasteiger partial charge in [0.15, 0.2) is 0 Å². The van der Waals surface area contributed by atoms with Crippen molar-refractivity contribution >= 4 is 34.9 Å². The van der Waals surface area contributed by atoms with Crippen molar-refractivity contribution in [3.63, 3.8) is 0 Å². The van der Waals surface area contributed by atoms with Gasteiger partial charge >= 0.3 is 0 Å². The van der Waals surface area contributed by atoms with Crippen molar-refractivity contribution in [2.24, 2.45) is 5.73 Å². The molecule has 5 heteroatoms. The summed E-state index contributed by atoms with van der Waals surface area (Å²) in [5, 5.41) is 2.91. The molecule has 3 nitrogen and oxygen atoms in total. The van der Waals surface area contributed by atoms with Crippen LogP contribution in [0.4, 0.5) is 0 Å². The quantitative estimate of drug-likeness (QED) is 0.813. The molecule has 0 aliphatic carbocycles. The van der Waals surface area contributed by atoms with E-state index >= 15 is 0 Å². The molecule has 0 unspecified atom stereocenters. The van der Waals surface area contributed by atoms with E-state index in [4.69, 9.17) is 18.0 Å². The van der Waals surface area contributed by atoms with Crippen molar-refractivity contribution in [1.82, 2.24) is 5.32 Å². The summed E-state index contributed by atoms with van der Waals surface area (Å²) in [6.45, 7) is 4.81. The van der Waals surface area contributed by atoms with Crippen LogP contribution in [0.3, 0.4) is 0 Å². The zero-order chi connectivity index (χ0) is 13.8. The fraction of sp³-hybridized carbons (Fsp3) is 0.385. The third-order valence-electron chi connectivity index (χ3n) is 2.66. The molecule has 1 aromatic rings. The first-order chi connectivity index (χ1) is 8.35. The summed E-state index contributed by atoms with van der Waals surface area (Å²) in [5.74, 6) is -0.0772. The van der Waals surface area contributed by atoms with Crippen LogP contribution in [0, 0.1) is 0 Å². The van der Waals surface area contributed by atoms with E-state index < -0.39 is 0 Å². The van der Waals surface area contributed by atoms with Crippen LogP contribution >= 0.6 is 24.0 Å². The smallest absolute Gasteiger partial charge is 0.251 e. The van der Waals surface area contributed by atoms with Crippen LogP contribution in [0.2, 0.25) is 0 Å². The molecule has 98 valence electrons. The van der Waals surface area contributed by atoms with Gasteiger partial charge < -0.3 is 11.1 Å². The Hall–Kier alpha value is -1.07. The SMILES string of the molecule is CSC(C)(C)CNC(=O)c1ccc(C(N)=S)cc1. The van der Waals surface area contributed by atoms with Crippen molar-refractivity contribution in [2.75, 3.05) is 12.8 Å². The fourth-order valence-corrected chi connectivity index (χ4v) is 1.61. The van der Waals surface area contributed by atoms with Crippen LogP contribution in [0.5, 0.6) is 0 Å². The van der Waals surface area contributed by atoms with Crippen molar-refractivity contribution in [2.45, 2.75) is 18.6 Å². The second kappa shape index (κ2) is 6.20. The summed E-state index contributed by atoms with van der Waals surface area (Å²) < 4.78 is 0.0361. The van der Waals surface area contributed by atoms with Crippen LogP contribution in [-0.4, -0.2) is 28.4 Å². The Bertz CT molecular complexity index is 441. The molecule has 0 bridgehead atoms. The molecule has 0 aromatic heterocycles. The number of carbonyl (C=O) groups is 1. The maximum Gasteiger partial charge on any atom is 0.251 e. The van der Waals surface area contributed by atoms with Crippen LogP contribution in [0.1, 0.15) is 29.8 Å². The van der Waals surface area contributed by atoms with E-state index in [-0.39, 0.29) is 10.7 Å². The third kappa shape index (κ3) is 4.31. The fourth-order valence-electron chi connectivity index (χ4n) is 1.25. The van der Waals surface area contributed by atoms with E-state index in [1.807, 2.05) is 6.26 Å². The number of thioether (sulfide) groups is 1. The van der Waals surface area contributed by atoms with Gasteiger partial charge in [-0.15, -0.1) is 0 Å². The first-order valence-corrected chi connectivity index (χ1v) is 7.22. The minimum absolute atomic E-state index is 0.0361. The summed E-state index contributed by atoms with van der Waals surface area (Å²) in [6.07, 6.45) is 2.03. The standard InChI is InChI=1S/C13H18N2OS2/c1-13(2,18-3)8-15-12(16)10-6-4-9(5-7-10)11(14)17/h4-7H,8H2,1-3H3,(H2,14,17)(H,15,16). The average molecular weight is 282 g/mol. The molecule has 1 amide bonds. The highest BCUT2D eigenvalue weighted by Crippen LogP contribution is 2.19. The molecule has 0 fully saturated rings. The normalized spacial score (nSPS) is 11.1. The number of thiocarbonyl (C=S) groups is 1. The Morgan fingerprint density at radius 2 is 1.83 bits per heavy atom. The first kappa shape index (κ1) is 15.0. The van der Waals surface area contributed by atoms with Gasteiger partial charge in [-0.2, -0.15) is 11.8 Å².